The van der Waals surface area contributed by atoms with Gasteiger partial charge in [0.25, 0.3) is 0 Å². The highest BCUT2D eigenvalue weighted by molar-refractivity contribution is 5.95. The van der Waals surface area contributed by atoms with E-state index in [4.69, 9.17) is 13.9 Å². The number of furan rings is 1. The zero-order valence-corrected chi connectivity index (χ0v) is 16.0. The molecule has 8 heteroatoms. The van der Waals surface area contributed by atoms with E-state index in [1.807, 2.05) is 6.92 Å². The first-order valence-corrected chi connectivity index (χ1v) is 9.55. The summed E-state index contributed by atoms with van der Waals surface area (Å²) >= 11 is 0. The maximum absolute atomic E-state index is 12.1. The van der Waals surface area contributed by atoms with Gasteiger partial charge in [0.05, 0.1) is 49.0 Å². The van der Waals surface area contributed by atoms with Crippen molar-refractivity contribution in [1.82, 2.24) is 0 Å². The van der Waals surface area contributed by atoms with Crippen molar-refractivity contribution in [2.75, 3.05) is 6.61 Å². The van der Waals surface area contributed by atoms with Crippen LogP contribution < -0.4 is 0 Å². The van der Waals surface area contributed by atoms with E-state index >= 15 is 0 Å². The molecule has 0 unspecified atom stereocenters. The van der Waals surface area contributed by atoms with Crippen LogP contribution in [0.5, 0.6) is 0 Å². The van der Waals surface area contributed by atoms with Gasteiger partial charge in [0.15, 0.2) is 5.78 Å². The first kappa shape index (κ1) is 21.0. The molecule has 1 aromatic rings. The van der Waals surface area contributed by atoms with Gasteiger partial charge in [-0.25, -0.2) is 0 Å². The molecule has 0 bridgehead atoms. The van der Waals surface area contributed by atoms with Crippen molar-refractivity contribution >= 4 is 11.5 Å². The number of aliphatic hydroxyl groups excluding tert-OH is 4. The molecule has 1 aromatic heterocycles. The van der Waals surface area contributed by atoms with E-state index in [-0.39, 0.29) is 42.8 Å². The fraction of sp³-hybridized carbons (Fsp3) is 0.650. The van der Waals surface area contributed by atoms with Crippen LogP contribution in [-0.2, 0) is 14.3 Å². The SMILES string of the molecule is C[C@H]([C@@H]1O[C@H]1C[C@H]1CO[C@@H](CC(=O)/C=C(\O)c2ccoc2)[C@H](O)[C@@H]1O)[C@H](C)O. The third-order valence-electron chi connectivity index (χ3n) is 5.69. The fourth-order valence-electron chi connectivity index (χ4n) is 3.62. The number of ketones is 1. The number of ether oxygens (including phenoxy) is 2. The summed E-state index contributed by atoms with van der Waals surface area (Å²) in [5, 5.41) is 40.3. The normalized spacial score (nSPS) is 35.4. The lowest BCUT2D eigenvalue weighted by molar-refractivity contribution is -0.169. The van der Waals surface area contributed by atoms with Gasteiger partial charge in [-0.3, -0.25) is 4.79 Å². The lowest BCUT2D eigenvalue weighted by Crippen LogP contribution is -2.51. The van der Waals surface area contributed by atoms with Gasteiger partial charge in [0.2, 0.25) is 0 Å². The maximum atomic E-state index is 12.1. The van der Waals surface area contributed by atoms with Crippen LogP contribution in [0.25, 0.3) is 5.76 Å². The smallest absolute Gasteiger partial charge is 0.162 e. The van der Waals surface area contributed by atoms with Crippen LogP contribution in [0.3, 0.4) is 0 Å². The minimum absolute atomic E-state index is 0.00311. The highest BCUT2D eigenvalue weighted by atomic mass is 16.6. The van der Waals surface area contributed by atoms with Crippen LogP contribution in [0.1, 0.15) is 32.3 Å². The highest BCUT2D eigenvalue weighted by Gasteiger charge is 2.48. The number of rotatable bonds is 8. The van der Waals surface area contributed by atoms with Crippen molar-refractivity contribution < 1.29 is 39.1 Å². The molecule has 0 radical (unpaired) electrons. The topological polar surface area (TPSA) is 133 Å². The summed E-state index contributed by atoms with van der Waals surface area (Å²) in [6.07, 6.45) is 0.399. The largest absolute Gasteiger partial charge is 0.507 e. The molecule has 2 aliphatic rings. The number of carbonyl (C=O) groups excluding carboxylic acids is 1. The van der Waals surface area contributed by atoms with Crippen LogP contribution in [-0.4, -0.2) is 69.4 Å². The van der Waals surface area contributed by atoms with Gasteiger partial charge in [-0.05, 0) is 19.4 Å². The quantitative estimate of drug-likeness (QED) is 0.291. The maximum Gasteiger partial charge on any atom is 0.162 e. The molecule has 0 saturated carbocycles. The summed E-state index contributed by atoms with van der Waals surface area (Å²) in [4.78, 5) is 12.1. The second-order valence-electron chi connectivity index (χ2n) is 7.80. The van der Waals surface area contributed by atoms with E-state index in [0.29, 0.717) is 12.0 Å². The molecule has 28 heavy (non-hydrogen) atoms. The zero-order valence-electron chi connectivity index (χ0n) is 16.0. The molecule has 156 valence electrons. The highest BCUT2D eigenvalue weighted by Crippen LogP contribution is 2.38. The van der Waals surface area contributed by atoms with Gasteiger partial charge in [-0.1, -0.05) is 6.92 Å². The molecule has 8 nitrogen and oxygen atoms in total. The minimum atomic E-state index is -1.21. The second-order valence-corrected chi connectivity index (χ2v) is 7.80. The Kier molecular flexibility index (Phi) is 6.57. The van der Waals surface area contributed by atoms with Crippen LogP contribution in [0, 0.1) is 11.8 Å². The van der Waals surface area contributed by atoms with E-state index in [0.717, 1.165) is 6.08 Å². The number of hydrogen-bond donors (Lipinski definition) is 4. The van der Waals surface area contributed by atoms with E-state index in [1.54, 1.807) is 6.92 Å². The minimum Gasteiger partial charge on any atom is -0.507 e. The first-order chi connectivity index (χ1) is 13.3. The zero-order chi connectivity index (χ0) is 20.4. The van der Waals surface area contributed by atoms with E-state index in [2.05, 4.69) is 0 Å². The average molecular weight is 396 g/mol. The number of aliphatic hydroxyl groups is 4. The predicted octanol–water partition coefficient (Wildman–Crippen LogP) is 1.05. The summed E-state index contributed by atoms with van der Waals surface area (Å²) in [6, 6.07) is 1.52. The predicted molar refractivity (Wildman–Crippen MR) is 98.3 cm³/mol. The van der Waals surface area contributed by atoms with E-state index < -0.39 is 30.2 Å². The number of carbonyl (C=O) groups is 1. The summed E-state index contributed by atoms with van der Waals surface area (Å²) in [7, 11) is 0. The summed E-state index contributed by atoms with van der Waals surface area (Å²) in [5.74, 6) is -0.972. The third kappa shape index (κ3) is 4.82. The Balaban J connectivity index is 1.50. The standard InChI is InChI=1S/C20H28O8/c1-10(11(2)21)20-17(28-20)5-13-9-27-16(19(25)18(13)24)7-14(22)6-15(23)12-3-4-26-8-12/h3-4,6,8,10-11,13,16-21,23-25H,5,7,9H2,1-2H3/b15-6-/t10-,11-,13-,16-,17-,18+,19-,20-/m0/s1. The Labute approximate surface area is 163 Å². The molecule has 0 aliphatic carbocycles. The van der Waals surface area contributed by atoms with Gasteiger partial charge < -0.3 is 34.3 Å². The Morgan fingerprint density at radius 3 is 2.68 bits per heavy atom. The summed E-state index contributed by atoms with van der Waals surface area (Å²) in [5.41, 5.74) is 0.379. The van der Waals surface area contributed by atoms with Crippen LogP contribution in [0.4, 0.5) is 0 Å². The molecule has 2 fully saturated rings. The molecule has 0 spiro atoms. The number of allylic oxidation sites excluding steroid dienone is 1. The molecule has 0 aromatic carbocycles. The van der Waals surface area contributed by atoms with Crippen LogP contribution in [0.15, 0.2) is 29.1 Å². The van der Waals surface area contributed by atoms with Crippen molar-refractivity contribution in [3.8, 4) is 0 Å². The van der Waals surface area contributed by atoms with Crippen molar-refractivity contribution in [2.24, 2.45) is 11.8 Å². The molecule has 4 N–H and O–H groups in total. The number of epoxide rings is 1. The Morgan fingerprint density at radius 1 is 1.29 bits per heavy atom. The van der Waals surface area contributed by atoms with E-state index in [9.17, 15) is 25.2 Å². The molecule has 8 atom stereocenters. The molecular formula is C20H28O8. The van der Waals surface area contributed by atoms with Gasteiger partial charge in [-0.15, -0.1) is 0 Å². The van der Waals surface area contributed by atoms with Gasteiger partial charge in [0, 0.05) is 24.3 Å². The number of hydrogen-bond acceptors (Lipinski definition) is 8. The molecule has 2 saturated heterocycles. The monoisotopic (exact) mass is 396 g/mol. The van der Waals surface area contributed by atoms with Crippen molar-refractivity contribution in [1.29, 1.82) is 0 Å². The van der Waals surface area contributed by atoms with Crippen molar-refractivity contribution in [3.05, 3.63) is 30.2 Å². The van der Waals surface area contributed by atoms with Gasteiger partial charge >= 0.3 is 0 Å². The summed E-state index contributed by atoms with van der Waals surface area (Å²) in [6.45, 7) is 3.82. The van der Waals surface area contributed by atoms with E-state index in [1.165, 1.54) is 18.6 Å². The molecule has 3 heterocycles. The van der Waals surface area contributed by atoms with Crippen molar-refractivity contribution in [2.45, 2.75) is 63.3 Å². The van der Waals surface area contributed by atoms with Gasteiger partial charge in [0.1, 0.15) is 18.1 Å². The van der Waals surface area contributed by atoms with Crippen molar-refractivity contribution in [3.63, 3.8) is 0 Å². The lowest BCUT2D eigenvalue weighted by Gasteiger charge is -2.37. The average Bonchev–Trinajstić information content (AvgIpc) is 3.17. The summed E-state index contributed by atoms with van der Waals surface area (Å²) < 4.78 is 16.1. The molecule has 2 aliphatic heterocycles. The third-order valence-corrected chi connectivity index (χ3v) is 5.69. The first-order valence-electron chi connectivity index (χ1n) is 9.55. The fourth-order valence-corrected chi connectivity index (χ4v) is 3.62. The van der Waals surface area contributed by atoms with Crippen LogP contribution in [0.2, 0.25) is 0 Å². The Bertz CT molecular complexity index is 682. The molecule has 3 rings (SSSR count). The Morgan fingerprint density at radius 2 is 2.04 bits per heavy atom. The second kappa shape index (κ2) is 8.75. The van der Waals surface area contributed by atoms with Gasteiger partial charge in [-0.2, -0.15) is 0 Å². The van der Waals surface area contributed by atoms with Crippen LogP contribution >= 0.6 is 0 Å². The molecular weight excluding hydrogens is 368 g/mol. The lowest BCUT2D eigenvalue weighted by atomic mass is 9.85. The molecule has 0 amide bonds. The Hall–Kier alpha value is -1.71.